The van der Waals surface area contributed by atoms with Gasteiger partial charge in [-0.1, -0.05) is 18.0 Å². The van der Waals surface area contributed by atoms with E-state index in [1.807, 2.05) is 26.0 Å². The summed E-state index contributed by atoms with van der Waals surface area (Å²) in [5.41, 5.74) is 2.42. The Hall–Kier alpha value is -2.50. The molecule has 156 valence electrons. The molecule has 1 saturated carbocycles. The Morgan fingerprint density at radius 1 is 1.17 bits per heavy atom. The van der Waals surface area contributed by atoms with Crippen LogP contribution in [0.3, 0.4) is 0 Å². The van der Waals surface area contributed by atoms with Gasteiger partial charge >= 0.3 is 0 Å². The predicted octanol–water partition coefficient (Wildman–Crippen LogP) is 4.67. The van der Waals surface area contributed by atoms with E-state index in [4.69, 9.17) is 14.0 Å². The van der Waals surface area contributed by atoms with Crippen molar-refractivity contribution in [3.05, 3.63) is 40.8 Å². The van der Waals surface area contributed by atoms with Gasteiger partial charge in [0, 0.05) is 18.2 Å². The van der Waals surface area contributed by atoms with Crippen LogP contribution in [0.25, 0.3) is 0 Å². The molecule has 1 aliphatic carbocycles. The standard InChI is InChI=1S/C23H30N2O4/c1-15-19(16(2)29-24-15)14-28-21-11-10-18(13-22(21)27-3)23(26)25-12-6-8-17-7-4-5-9-20(17)25/h10-11,13,17,20H,4-9,12,14H2,1-3H3/t17-,20-/m0/s1. The number of rotatable bonds is 5. The molecule has 0 spiro atoms. The minimum absolute atomic E-state index is 0.108. The largest absolute Gasteiger partial charge is 0.493 e. The Labute approximate surface area is 172 Å². The van der Waals surface area contributed by atoms with Crippen LogP contribution in [0.15, 0.2) is 22.7 Å². The zero-order valence-electron chi connectivity index (χ0n) is 17.6. The first-order valence-electron chi connectivity index (χ1n) is 10.6. The smallest absolute Gasteiger partial charge is 0.254 e. The topological polar surface area (TPSA) is 64.8 Å². The predicted molar refractivity (Wildman–Crippen MR) is 109 cm³/mol. The van der Waals surface area contributed by atoms with Crippen molar-refractivity contribution < 1.29 is 18.8 Å². The van der Waals surface area contributed by atoms with Crippen molar-refractivity contribution in [2.45, 2.75) is 65.0 Å². The van der Waals surface area contributed by atoms with Crippen LogP contribution in [0.2, 0.25) is 0 Å². The molecule has 2 fully saturated rings. The molecule has 0 unspecified atom stereocenters. The first-order chi connectivity index (χ1) is 14.1. The minimum Gasteiger partial charge on any atom is -0.493 e. The second-order valence-corrected chi connectivity index (χ2v) is 8.21. The molecule has 1 amide bonds. The molecule has 0 bridgehead atoms. The van der Waals surface area contributed by atoms with E-state index < -0.39 is 0 Å². The number of carbonyl (C=O) groups excluding carboxylic acids is 1. The number of hydrogen-bond acceptors (Lipinski definition) is 5. The third-order valence-corrected chi connectivity index (χ3v) is 6.47. The lowest BCUT2D eigenvalue weighted by atomic mass is 9.78. The van der Waals surface area contributed by atoms with Gasteiger partial charge in [0.15, 0.2) is 11.5 Å². The molecule has 2 heterocycles. The summed E-state index contributed by atoms with van der Waals surface area (Å²) in [6, 6.07) is 5.87. The van der Waals surface area contributed by atoms with Crippen LogP contribution >= 0.6 is 0 Å². The lowest BCUT2D eigenvalue weighted by Gasteiger charge is -2.44. The van der Waals surface area contributed by atoms with Crippen molar-refractivity contribution in [2.75, 3.05) is 13.7 Å². The molecule has 2 atom stereocenters. The summed E-state index contributed by atoms with van der Waals surface area (Å²) < 4.78 is 16.7. The number of carbonyl (C=O) groups is 1. The van der Waals surface area contributed by atoms with Crippen LogP contribution in [-0.4, -0.2) is 35.7 Å². The van der Waals surface area contributed by atoms with E-state index in [0.29, 0.717) is 35.6 Å². The van der Waals surface area contributed by atoms with Crippen LogP contribution in [-0.2, 0) is 6.61 Å². The molecule has 2 aliphatic rings. The summed E-state index contributed by atoms with van der Waals surface area (Å²) >= 11 is 0. The van der Waals surface area contributed by atoms with Crippen molar-refractivity contribution in [1.82, 2.24) is 10.1 Å². The lowest BCUT2D eigenvalue weighted by molar-refractivity contribution is 0.0390. The highest BCUT2D eigenvalue weighted by molar-refractivity contribution is 5.95. The van der Waals surface area contributed by atoms with Crippen LogP contribution in [0.4, 0.5) is 0 Å². The Balaban J connectivity index is 1.50. The van der Waals surface area contributed by atoms with E-state index >= 15 is 0 Å². The Kier molecular flexibility index (Phi) is 5.79. The average Bonchev–Trinajstić information content (AvgIpc) is 3.08. The van der Waals surface area contributed by atoms with Crippen molar-refractivity contribution >= 4 is 5.91 Å². The second-order valence-electron chi connectivity index (χ2n) is 8.21. The van der Waals surface area contributed by atoms with Gasteiger partial charge in [-0.05, 0) is 63.6 Å². The van der Waals surface area contributed by atoms with Crippen LogP contribution < -0.4 is 9.47 Å². The van der Waals surface area contributed by atoms with Gasteiger partial charge in [-0.15, -0.1) is 0 Å². The van der Waals surface area contributed by atoms with E-state index in [1.165, 1.54) is 25.7 Å². The molecular formula is C23H30N2O4. The molecule has 1 aliphatic heterocycles. The van der Waals surface area contributed by atoms with Gasteiger partial charge in [-0.25, -0.2) is 0 Å². The van der Waals surface area contributed by atoms with Gasteiger partial charge in [0.25, 0.3) is 5.91 Å². The third-order valence-electron chi connectivity index (χ3n) is 6.47. The van der Waals surface area contributed by atoms with Crippen LogP contribution in [0.5, 0.6) is 11.5 Å². The highest BCUT2D eigenvalue weighted by Crippen LogP contribution is 2.37. The fraction of sp³-hybridized carbons (Fsp3) is 0.565. The summed E-state index contributed by atoms with van der Waals surface area (Å²) in [5, 5.41) is 3.96. The number of likely N-dealkylation sites (tertiary alicyclic amines) is 1. The monoisotopic (exact) mass is 398 g/mol. The normalized spacial score (nSPS) is 21.6. The number of methoxy groups -OCH3 is 1. The van der Waals surface area contributed by atoms with Crippen molar-refractivity contribution in [3.8, 4) is 11.5 Å². The zero-order chi connectivity index (χ0) is 20.4. The average molecular weight is 399 g/mol. The molecule has 4 rings (SSSR count). The number of aromatic nitrogens is 1. The number of hydrogen-bond donors (Lipinski definition) is 0. The molecule has 1 saturated heterocycles. The van der Waals surface area contributed by atoms with Gasteiger partial charge in [0.1, 0.15) is 12.4 Å². The summed E-state index contributed by atoms with van der Waals surface area (Å²) in [7, 11) is 1.60. The minimum atomic E-state index is 0.108. The third kappa shape index (κ3) is 3.98. The van der Waals surface area contributed by atoms with E-state index in [2.05, 4.69) is 10.1 Å². The molecule has 6 nitrogen and oxygen atoms in total. The molecule has 29 heavy (non-hydrogen) atoms. The summed E-state index contributed by atoms with van der Waals surface area (Å²) in [5.74, 6) is 2.71. The summed E-state index contributed by atoms with van der Waals surface area (Å²) in [4.78, 5) is 15.4. The molecule has 1 aromatic heterocycles. The van der Waals surface area contributed by atoms with Crippen molar-refractivity contribution in [2.24, 2.45) is 5.92 Å². The second kappa shape index (κ2) is 8.47. The maximum Gasteiger partial charge on any atom is 0.254 e. The van der Waals surface area contributed by atoms with E-state index in [0.717, 1.165) is 36.4 Å². The molecule has 2 aromatic rings. The highest BCUT2D eigenvalue weighted by Gasteiger charge is 2.36. The Morgan fingerprint density at radius 2 is 1.97 bits per heavy atom. The number of aryl methyl sites for hydroxylation is 2. The number of nitrogens with zero attached hydrogens (tertiary/aromatic N) is 2. The molecule has 0 radical (unpaired) electrons. The summed E-state index contributed by atoms with van der Waals surface area (Å²) in [6.07, 6.45) is 7.27. The fourth-order valence-corrected chi connectivity index (χ4v) is 4.82. The quantitative estimate of drug-likeness (QED) is 0.732. The van der Waals surface area contributed by atoms with Gasteiger partial charge in [-0.2, -0.15) is 0 Å². The molecule has 1 aromatic carbocycles. The molecular weight excluding hydrogens is 368 g/mol. The number of benzene rings is 1. The maximum absolute atomic E-state index is 13.3. The maximum atomic E-state index is 13.3. The molecule has 0 N–H and O–H groups in total. The summed E-state index contributed by atoms with van der Waals surface area (Å²) in [6.45, 7) is 4.97. The van der Waals surface area contributed by atoms with Crippen molar-refractivity contribution in [3.63, 3.8) is 0 Å². The van der Waals surface area contributed by atoms with E-state index in [9.17, 15) is 4.79 Å². The van der Waals surface area contributed by atoms with Crippen LogP contribution in [0, 0.1) is 19.8 Å². The lowest BCUT2D eigenvalue weighted by Crippen LogP contribution is -2.49. The first kappa shape index (κ1) is 19.8. The number of fused-ring (bicyclic) bond motifs is 1. The van der Waals surface area contributed by atoms with Gasteiger partial charge in [-0.3, -0.25) is 4.79 Å². The number of amides is 1. The van der Waals surface area contributed by atoms with Gasteiger partial charge in [0.05, 0.1) is 18.4 Å². The van der Waals surface area contributed by atoms with E-state index in [-0.39, 0.29) is 5.91 Å². The van der Waals surface area contributed by atoms with E-state index in [1.54, 1.807) is 13.2 Å². The van der Waals surface area contributed by atoms with Crippen molar-refractivity contribution in [1.29, 1.82) is 0 Å². The van der Waals surface area contributed by atoms with Gasteiger partial charge < -0.3 is 18.9 Å². The number of piperidine rings is 1. The Bertz CT molecular complexity index is 854. The SMILES string of the molecule is COc1cc(C(=O)N2CCC[C@@H]3CCCC[C@@H]32)ccc1OCc1c(C)noc1C. The number of ether oxygens (including phenoxy) is 2. The molecule has 6 heteroatoms. The Morgan fingerprint density at radius 3 is 2.72 bits per heavy atom. The van der Waals surface area contributed by atoms with Crippen LogP contribution in [0.1, 0.15) is 65.9 Å². The highest BCUT2D eigenvalue weighted by atomic mass is 16.5. The van der Waals surface area contributed by atoms with Gasteiger partial charge in [0.2, 0.25) is 0 Å². The fourth-order valence-electron chi connectivity index (χ4n) is 4.82. The zero-order valence-corrected chi connectivity index (χ0v) is 17.6. The first-order valence-corrected chi connectivity index (χ1v) is 10.6.